The molecule has 0 atom stereocenters. The lowest BCUT2D eigenvalue weighted by atomic mass is 10.1. The molecule has 0 spiro atoms. The monoisotopic (exact) mass is 387 g/mol. The van der Waals surface area contributed by atoms with Gasteiger partial charge in [0.05, 0.1) is 31.9 Å². The minimum Gasteiger partial charge on any atom is -0.497 e. The van der Waals surface area contributed by atoms with Crippen LogP contribution in [0.3, 0.4) is 0 Å². The normalized spacial score (nSPS) is 15.5. The number of para-hydroxylation sites is 2. The average Bonchev–Trinajstić information content (AvgIpc) is 2.94. The molecule has 5 nitrogen and oxygen atoms in total. The highest BCUT2D eigenvalue weighted by Crippen LogP contribution is 2.40. The molecule has 0 aromatic heterocycles. The van der Waals surface area contributed by atoms with Gasteiger partial charge in [-0.25, -0.2) is 0 Å². The summed E-state index contributed by atoms with van der Waals surface area (Å²) in [5.74, 6) is 1.71. The minimum absolute atomic E-state index is 0.200. The first kappa shape index (κ1) is 18.3. The third-order valence-electron chi connectivity index (χ3n) is 3.84. The molecule has 0 radical (unpaired) electrons. The molecule has 0 aliphatic carbocycles. The van der Waals surface area contributed by atoms with E-state index in [0.29, 0.717) is 32.2 Å². The van der Waals surface area contributed by atoms with E-state index in [9.17, 15) is 4.79 Å². The number of methoxy groups -OCH3 is 3. The molecule has 1 aliphatic rings. The van der Waals surface area contributed by atoms with Crippen LogP contribution in [-0.2, 0) is 4.79 Å². The summed E-state index contributed by atoms with van der Waals surface area (Å²) in [6.45, 7) is 0. The summed E-state index contributed by atoms with van der Waals surface area (Å²) in [6.07, 6.45) is 1.76. The molecule has 7 heteroatoms. The predicted molar refractivity (Wildman–Crippen MR) is 108 cm³/mol. The third-order valence-corrected chi connectivity index (χ3v) is 5.15. The maximum atomic E-state index is 13.0. The van der Waals surface area contributed by atoms with E-state index in [1.165, 1.54) is 16.7 Å². The lowest BCUT2D eigenvalue weighted by Gasteiger charge is -2.17. The number of carbonyl (C=O) groups is 1. The van der Waals surface area contributed by atoms with E-state index >= 15 is 0 Å². The van der Waals surface area contributed by atoms with Gasteiger partial charge in [-0.05, 0) is 36.4 Å². The van der Waals surface area contributed by atoms with Crippen molar-refractivity contribution in [3.8, 4) is 17.2 Å². The lowest BCUT2D eigenvalue weighted by molar-refractivity contribution is -0.113. The maximum absolute atomic E-state index is 13.0. The van der Waals surface area contributed by atoms with Crippen molar-refractivity contribution in [2.45, 2.75) is 0 Å². The van der Waals surface area contributed by atoms with Crippen molar-refractivity contribution >= 4 is 46.0 Å². The highest BCUT2D eigenvalue weighted by molar-refractivity contribution is 8.27. The van der Waals surface area contributed by atoms with Gasteiger partial charge in [0.2, 0.25) is 0 Å². The number of thiocarbonyl (C=S) groups is 1. The SMILES string of the molecule is COc1ccc(OC)c(/C=C2/SC(=S)N(c3ccccc3OC)C2=O)c1. The Labute approximate surface area is 161 Å². The number of hydrogen-bond donors (Lipinski definition) is 0. The van der Waals surface area contributed by atoms with Gasteiger partial charge in [0.15, 0.2) is 4.32 Å². The summed E-state index contributed by atoms with van der Waals surface area (Å²) < 4.78 is 16.4. The zero-order valence-corrected chi connectivity index (χ0v) is 16.1. The number of rotatable bonds is 5. The van der Waals surface area contributed by atoms with E-state index < -0.39 is 0 Å². The predicted octanol–water partition coefficient (Wildman–Crippen LogP) is 4.12. The van der Waals surface area contributed by atoms with Crippen LogP contribution < -0.4 is 19.1 Å². The molecule has 1 aliphatic heterocycles. The van der Waals surface area contributed by atoms with Gasteiger partial charge in [0, 0.05) is 5.56 Å². The van der Waals surface area contributed by atoms with Crippen LogP contribution in [0.5, 0.6) is 17.2 Å². The Morgan fingerprint density at radius 1 is 1.00 bits per heavy atom. The summed E-state index contributed by atoms with van der Waals surface area (Å²) in [7, 11) is 4.74. The zero-order valence-electron chi connectivity index (χ0n) is 14.5. The molecule has 3 rings (SSSR count). The van der Waals surface area contributed by atoms with Crippen LogP contribution >= 0.6 is 24.0 Å². The maximum Gasteiger partial charge on any atom is 0.270 e. The Kier molecular flexibility index (Phi) is 5.49. The molecule has 2 aromatic rings. The van der Waals surface area contributed by atoms with E-state index in [-0.39, 0.29) is 5.91 Å². The summed E-state index contributed by atoms with van der Waals surface area (Å²) >= 11 is 6.67. The molecule has 26 heavy (non-hydrogen) atoms. The van der Waals surface area contributed by atoms with Crippen LogP contribution in [0.1, 0.15) is 5.56 Å². The molecule has 1 fully saturated rings. The van der Waals surface area contributed by atoms with E-state index in [2.05, 4.69) is 0 Å². The Morgan fingerprint density at radius 3 is 2.42 bits per heavy atom. The van der Waals surface area contributed by atoms with Crippen molar-refractivity contribution in [3.05, 3.63) is 52.9 Å². The van der Waals surface area contributed by atoms with Crippen molar-refractivity contribution in [2.75, 3.05) is 26.2 Å². The fourth-order valence-corrected chi connectivity index (χ4v) is 3.86. The van der Waals surface area contributed by atoms with Crippen LogP contribution in [0.25, 0.3) is 6.08 Å². The van der Waals surface area contributed by atoms with Crippen molar-refractivity contribution in [1.82, 2.24) is 0 Å². The van der Waals surface area contributed by atoms with Gasteiger partial charge in [0.25, 0.3) is 5.91 Å². The summed E-state index contributed by atoms with van der Waals surface area (Å²) in [6, 6.07) is 12.7. The highest BCUT2D eigenvalue weighted by Gasteiger charge is 2.35. The quantitative estimate of drug-likeness (QED) is 0.568. The van der Waals surface area contributed by atoms with Crippen molar-refractivity contribution in [2.24, 2.45) is 0 Å². The molecule has 134 valence electrons. The van der Waals surface area contributed by atoms with Gasteiger partial charge < -0.3 is 14.2 Å². The summed E-state index contributed by atoms with van der Waals surface area (Å²) in [5.41, 5.74) is 1.37. The van der Waals surface area contributed by atoms with Crippen molar-refractivity contribution in [3.63, 3.8) is 0 Å². The zero-order chi connectivity index (χ0) is 18.7. The molecule has 2 aromatic carbocycles. The Hall–Kier alpha value is -2.51. The molecule has 1 saturated heterocycles. The number of amides is 1. The molecule has 1 amide bonds. The number of ether oxygens (including phenoxy) is 3. The van der Waals surface area contributed by atoms with Gasteiger partial charge in [-0.1, -0.05) is 36.1 Å². The van der Waals surface area contributed by atoms with Crippen molar-refractivity contribution < 1.29 is 19.0 Å². The lowest BCUT2D eigenvalue weighted by Crippen LogP contribution is -2.27. The van der Waals surface area contributed by atoms with E-state index in [1.807, 2.05) is 18.2 Å². The number of carbonyl (C=O) groups excluding carboxylic acids is 1. The fraction of sp³-hybridized carbons (Fsp3) is 0.158. The Bertz CT molecular complexity index is 895. The molecular formula is C19H17NO4S2. The first-order chi connectivity index (χ1) is 12.6. The van der Waals surface area contributed by atoms with Crippen LogP contribution in [-0.4, -0.2) is 31.6 Å². The number of anilines is 1. The van der Waals surface area contributed by atoms with Crippen LogP contribution in [0, 0.1) is 0 Å². The van der Waals surface area contributed by atoms with E-state index in [0.717, 1.165) is 5.56 Å². The second kappa shape index (κ2) is 7.80. The smallest absolute Gasteiger partial charge is 0.270 e. The van der Waals surface area contributed by atoms with Crippen LogP contribution in [0.4, 0.5) is 5.69 Å². The Balaban J connectivity index is 2.00. The van der Waals surface area contributed by atoms with E-state index in [1.54, 1.807) is 51.7 Å². The molecule has 0 unspecified atom stereocenters. The van der Waals surface area contributed by atoms with E-state index in [4.69, 9.17) is 26.4 Å². The van der Waals surface area contributed by atoms with Crippen molar-refractivity contribution in [1.29, 1.82) is 0 Å². The van der Waals surface area contributed by atoms with Gasteiger partial charge in [-0.15, -0.1) is 0 Å². The highest BCUT2D eigenvalue weighted by atomic mass is 32.2. The topological polar surface area (TPSA) is 48.0 Å². The second-order valence-electron chi connectivity index (χ2n) is 5.30. The van der Waals surface area contributed by atoms with Gasteiger partial charge in [-0.2, -0.15) is 0 Å². The van der Waals surface area contributed by atoms with Crippen LogP contribution in [0.15, 0.2) is 47.4 Å². The molecular weight excluding hydrogens is 370 g/mol. The molecule has 1 heterocycles. The fourth-order valence-electron chi connectivity index (χ4n) is 2.58. The number of benzene rings is 2. The summed E-state index contributed by atoms with van der Waals surface area (Å²) in [4.78, 5) is 15.0. The van der Waals surface area contributed by atoms with Gasteiger partial charge in [0.1, 0.15) is 17.2 Å². The second-order valence-corrected chi connectivity index (χ2v) is 6.97. The number of nitrogens with zero attached hydrogens (tertiary/aromatic N) is 1. The van der Waals surface area contributed by atoms with Gasteiger partial charge >= 0.3 is 0 Å². The minimum atomic E-state index is -0.200. The summed E-state index contributed by atoms with van der Waals surface area (Å²) in [5, 5.41) is 0. The first-order valence-corrected chi connectivity index (χ1v) is 8.94. The first-order valence-electron chi connectivity index (χ1n) is 7.72. The van der Waals surface area contributed by atoms with Crippen LogP contribution in [0.2, 0.25) is 0 Å². The number of thioether (sulfide) groups is 1. The standard InChI is InChI=1S/C19H17NO4S2/c1-22-13-8-9-15(23-2)12(10-13)11-17-18(21)20(19(25)26-17)14-6-4-5-7-16(14)24-3/h4-11H,1-3H3/b17-11+. The third kappa shape index (κ3) is 3.40. The number of hydrogen-bond acceptors (Lipinski definition) is 6. The average molecular weight is 387 g/mol. The molecule has 0 N–H and O–H groups in total. The van der Waals surface area contributed by atoms with Gasteiger partial charge in [-0.3, -0.25) is 9.69 Å². The Morgan fingerprint density at radius 2 is 1.73 bits per heavy atom. The largest absolute Gasteiger partial charge is 0.497 e. The molecule has 0 bridgehead atoms. The molecule has 0 saturated carbocycles.